The second kappa shape index (κ2) is 11.7. The summed E-state index contributed by atoms with van der Waals surface area (Å²) in [6.45, 7) is 7.28. The number of amides is 2. The van der Waals surface area contributed by atoms with Crippen molar-refractivity contribution in [1.29, 1.82) is 0 Å². The molecule has 1 saturated carbocycles. The number of aromatic carboxylic acids is 1. The van der Waals surface area contributed by atoms with Crippen molar-refractivity contribution in [3.05, 3.63) is 59.2 Å². The lowest BCUT2D eigenvalue weighted by atomic mass is 9.77. The minimum absolute atomic E-state index is 0.0224. The third kappa shape index (κ3) is 6.46. The highest BCUT2D eigenvalue weighted by Crippen LogP contribution is 2.38. The van der Waals surface area contributed by atoms with Crippen molar-refractivity contribution in [3.8, 4) is 0 Å². The molecular weight excluding hydrogens is 510 g/mol. The van der Waals surface area contributed by atoms with Gasteiger partial charge in [0.1, 0.15) is 6.54 Å². The van der Waals surface area contributed by atoms with Gasteiger partial charge in [0.25, 0.3) is 0 Å². The molecular formula is C31H39N3O6. The van der Waals surface area contributed by atoms with E-state index in [1.54, 1.807) is 12.1 Å². The summed E-state index contributed by atoms with van der Waals surface area (Å²) >= 11 is 0. The van der Waals surface area contributed by atoms with E-state index in [0.29, 0.717) is 31.4 Å². The lowest BCUT2D eigenvalue weighted by molar-refractivity contribution is -0.136. The molecule has 3 N–H and O–H groups in total. The van der Waals surface area contributed by atoms with E-state index in [1.807, 2.05) is 50.8 Å². The Labute approximate surface area is 235 Å². The topological polar surface area (TPSA) is 127 Å². The van der Waals surface area contributed by atoms with Crippen LogP contribution in [0.2, 0.25) is 0 Å². The van der Waals surface area contributed by atoms with Gasteiger partial charge < -0.3 is 20.4 Å². The predicted octanol–water partition coefficient (Wildman–Crippen LogP) is 5.04. The van der Waals surface area contributed by atoms with Gasteiger partial charge in [-0.05, 0) is 95.2 Å². The molecule has 4 rings (SSSR count). The Morgan fingerprint density at radius 2 is 1.77 bits per heavy atom. The number of ketones is 1. The molecule has 1 aliphatic carbocycles. The van der Waals surface area contributed by atoms with Crippen LogP contribution in [-0.2, 0) is 16.0 Å². The monoisotopic (exact) mass is 549 g/mol. The van der Waals surface area contributed by atoms with Crippen molar-refractivity contribution in [1.82, 2.24) is 5.32 Å². The summed E-state index contributed by atoms with van der Waals surface area (Å²) in [7, 11) is 0. The SMILES string of the molecule is Cc1ccc2c(c1)N(CC(=O)O)C(C1CCCC(N(C(=O)NC(C)(C)C)c3cccc(C(=O)O)c3)C1=O)CCC2. The first-order valence-corrected chi connectivity index (χ1v) is 13.9. The maximum atomic E-state index is 14.3. The van der Waals surface area contributed by atoms with Gasteiger partial charge in [-0.3, -0.25) is 14.5 Å². The highest BCUT2D eigenvalue weighted by Gasteiger charge is 2.44. The smallest absolute Gasteiger partial charge is 0.335 e. The zero-order chi connectivity index (χ0) is 29.2. The van der Waals surface area contributed by atoms with Crippen LogP contribution in [0.15, 0.2) is 42.5 Å². The number of urea groups is 1. The van der Waals surface area contributed by atoms with E-state index in [4.69, 9.17) is 0 Å². The number of carbonyl (C=O) groups excluding carboxylic acids is 2. The van der Waals surface area contributed by atoms with Crippen LogP contribution in [-0.4, -0.2) is 58.1 Å². The van der Waals surface area contributed by atoms with Gasteiger partial charge in [-0.25, -0.2) is 9.59 Å². The van der Waals surface area contributed by atoms with E-state index in [0.717, 1.165) is 29.7 Å². The molecule has 0 saturated heterocycles. The molecule has 9 nitrogen and oxygen atoms in total. The summed E-state index contributed by atoms with van der Waals surface area (Å²) in [4.78, 5) is 55.0. The van der Waals surface area contributed by atoms with E-state index in [-0.39, 0.29) is 23.9 Å². The van der Waals surface area contributed by atoms with Crippen LogP contribution >= 0.6 is 0 Å². The second-order valence-electron chi connectivity index (χ2n) is 12.0. The minimum atomic E-state index is -1.12. The first-order chi connectivity index (χ1) is 18.9. The number of carboxylic acid groups (broad SMARTS) is 2. The molecule has 9 heteroatoms. The molecule has 0 radical (unpaired) electrons. The first kappa shape index (κ1) is 29.1. The fourth-order valence-corrected chi connectivity index (χ4v) is 6.06. The zero-order valence-electron chi connectivity index (χ0n) is 23.6. The molecule has 0 bridgehead atoms. The molecule has 2 aliphatic rings. The van der Waals surface area contributed by atoms with Crippen LogP contribution in [0.25, 0.3) is 0 Å². The van der Waals surface area contributed by atoms with E-state index in [9.17, 15) is 29.4 Å². The number of carboxylic acids is 2. The van der Waals surface area contributed by atoms with Gasteiger partial charge in [0.05, 0.1) is 11.6 Å². The van der Waals surface area contributed by atoms with E-state index in [1.165, 1.54) is 17.0 Å². The maximum absolute atomic E-state index is 14.3. The Kier molecular flexibility index (Phi) is 8.51. The summed E-state index contributed by atoms with van der Waals surface area (Å²) < 4.78 is 0. The van der Waals surface area contributed by atoms with Crippen LogP contribution in [0.5, 0.6) is 0 Å². The van der Waals surface area contributed by atoms with Crippen LogP contribution in [0, 0.1) is 12.8 Å². The molecule has 2 aromatic carbocycles. The average molecular weight is 550 g/mol. The number of nitrogens with zero attached hydrogens (tertiary/aromatic N) is 2. The van der Waals surface area contributed by atoms with Gasteiger partial charge in [-0.1, -0.05) is 24.6 Å². The van der Waals surface area contributed by atoms with Gasteiger partial charge in [0.2, 0.25) is 0 Å². The summed E-state index contributed by atoms with van der Waals surface area (Å²) in [6, 6.07) is 10.5. The number of benzene rings is 2. The van der Waals surface area contributed by atoms with Gasteiger partial charge >= 0.3 is 18.0 Å². The number of nitrogens with one attached hydrogen (secondary N) is 1. The van der Waals surface area contributed by atoms with Crippen LogP contribution in [0.3, 0.4) is 0 Å². The third-order valence-electron chi connectivity index (χ3n) is 7.74. The number of Topliss-reactive ketones (excluding diaryl/α,β-unsaturated/α-hetero) is 1. The summed E-state index contributed by atoms with van der Waals surface area (Å²) in [5, 5.41) is 22.4. The molecule has 2 amide bonds. The molecule has 3 atom stereocenters. The Hall–Kier alpha value is -3.88. The normalized spacial score (nSPS) is 21.2. The van der Waals surface area contributed by atoms with Gasteiger partial charge in [-0.2, -0.15) is 0 Å². The third-order valence-corrected chi connectivity index (χ3v) is 7.74. The molecule has 3 unspecified atom stereocenters. The fourth-order valence-electron chi connectivity index (χ4n) is 6.06. The molecule has 0 spiro atoms. The number of hydrogen-bond donors (Lipinski definition) is 3. The number of carbonyl (C=O) groups is 4. The number of anilines is 2. The molecule has 40 heavy (non-hydrogen) atoms. The van der Waals surface area contributed by atoms with Crippen LogP contribution in [0.4, 0.5) is 16.2 Å². The van der Waals surface area contributed by atoms with E-state index >= 15 is 0 Å². The Morgan fingerprint density at radius 3 is 2.45 bits per heavy atom. The van der Waals surface area contributed by atoms with Gasteiger partial charge in [0.15, 0.2) is 5.78 Å². The predicted molar refractivity (Wildman–Crippen MR) is 153 cm³/mol. The highest BCUT2D eigenvalue weighted by molar-refractivity contribution is 6.03. The number of hydrogen-bond acceptors (Lipinski definition) is 5. The average Bonchev–Trinajstić information content (AvgIpc) is 3.03. The van der Waals surface area contributed by atoms with Gasteiger partial charge in [-0.15, -0.1) is 0 Å². The van der Waals surface area contributed by atoms with Crippen molar-refractivity contribution in [2.75, 3.05) is 16.3 Å². The molecule has 1 aliphatic heterocycles. The Morgan fingerprint density at radius 1 is 1.02 bits per heavy atom. The summed E-state index contributed by atoms with van der Waals surface area (Å²) in [5.41, 5.74) is 2.73. The molecule has 214 valence electrons. The van der Waals surface area contributed by atoms with Crippen molar-refractivity contribution in [2.45, 2.75) is 83.8 Å². The quantitative estimate of drug-likeness (QED) is 0.461. The van der Waals surface area contributed by atoms with Crippen molar-refractivity contribution >= 4 is 35.1 Å². The highest BCUT2D eigenvalue weighted by atomic mass is 16.4. The van der Waals surface area contributed by atoms with Crippen molar-refractivity contribution in [3.63, 3.8) is 0 Å². The summed E-state index contributed by atoms with van der Waals surface area (Å²) in [5.74, 6) is -2.68. The lowest BCUT2D eigenvalue weighted by Crippen LogP contribution is -2.58. The molecule has 0 aromatic heterocycles. The largest absolute Gasteiger partial charge is 0.480 e. The van der Waals surface area contributed by atoms with Crippen molar-refractivity contribution in [2.24, 2.45) is 5.92 Å². The zero-order valence-corrected chi connectivity index (χ0v) is 23.6. The number of fused-ring (bicyclic) bond motifs is 1. The second-order valence-corrected chi connectivity index (χ2v) is 12.0. The lowest BCUT2D eigenvalue weighted by Gasteiger charge is -2.43. The molecule has 1 fully saturated rings. The van der Waals surface area contributed by atoms with Crippen LogP contribution in [0.1, 0.15) is 74.4 Å². The minimum Gasteiger partial charge on any atom is -0.480 e. The summed E-state index contributed by atoms with van der Waals surface area (Å²) in [6.07, 6.45) is 3.99. The van der Waals surface area contributed by atoms with Crippen molar-refractivity contribution < 1.29 is 29.4 Å². The standard InChI is InChI=1S/C31H39N3O6/c1-19-14-15-20-8-6-12-24(33(18-27(35)36)26(20)16-19)23-11-7-13-25(28(23)37)34(30(40)32-31(2,3)4)22-10-5-9-21(17-22)29(38)39/h5,9-10,14-17,23-25H,6-8,11-13,18H2,1-4H3,(H,32,40)(H,35,36)(H,38,39). The fraction of sp³-hybridized carbons (Fsp3) is 0.484. The number of rotatable bonds is 6. The Bertz CT molecular complexity index is 1300. The van der Waals surface area contributed by atoms with E-state index < -0.39 is 35.5 Å². The maximum Gasteiger partial charge on any atom is 0.335 e. The number of aliphatic carboxylic acids is 1. The van der Waals surface area contributed by atoms with E-state index in [2.05, 4.69) is 5.32 Å². The molecule has 1 heterocycles. The molecule has 2 aromatic rings. The van der Waals surface area contributed by atoms with Crippen LogP contribution < -0.4 is 15.1 Å². The van der Waals surface area contributed by atoms with Gasteiger partial charge in [0, 0.05) is 28.9 Å². The Balaban J connectivity index is 1.74. The number of aryl methyl sites for hydroxylation is 2. The first-order valence-electron chi connectivity index (χ1n) is 13.9.